The summed E-state index contributed by atoms with van der Waals surface area (Å²) in [4.78, 5) is 12.2. The van der Waals surface area contributed by atoms with Crippen LogP contribution in [0.15, 0.2) is 0 Å². The molecule has 17 heavy (non-hydrogen) atoms. The van der Waals surface area contributed by atoms with Crippen LogP contribution in [-0.4, -0.2) is 28.1 Å². The Morgan fingerprint density at radius 3 is 2.76 bits per heavy atom. The first kappa shape index (κ1) is 11.8. The number of methoxy groups -OCH3 is 1. The number of rotatable bonds is 6. The standard InChI is InChI=1S/C10H18N6O/c1-3-4-6-5-7(6)12-8-13-9(16-11)15-10(14-8)17-2/h6-7H,3-5,11H2,1-2H3,(H2,12,13,14,15,16). The van der Waals surface area contributed by atoms with E-state index in [2.05, 4.69) is 32.6 Å². The van der Waals surface area contributed by atoms with Crippen LogP contribution in [0.2, 0.25) is 0 Å². The van der Waals surface area contributed by atoms with Crippen molar-refractivity contribution in [2.24, 2.45) is 11.8 Å². The van der Waals surface area contributed by atoms with Crippen molar-refractivity contribution in [1.29, 1.82) is 0 Å². The number of nitrogens with two attached hydrogens (primary N) is 1. The van der Waals surface area contributed by atoms with Gasteiger partial charge in [0.15, 0.2) is 0 Å². The van der Waals surface area contributed by atoms with Crippen molar-refractivity contribution in [3.63, 3.8) is 0 Å². The maximum atomic E-state index is 5.28. The number of anilines is 2. The Kier molecular flexibility index (Phi) is 3.58. The maximum absolute atomic E-state index is 5.28. The number of nitrogens with one attached hydrogen (secondary N) is 2. The molecule has 1 saturated carbocycles. The van der Waals surface area contributed by atoms with Crippen LogP contribution in [0.3, 0.4) is 0 Å². The Morgan fingerprint density at radius 2 is 2.12 bits per heavy atom. The molecule has 0 aromatic carbocycles. The molecular weight excluding hydrogens is 220 g/mol. The van der Waals surface area contributed by atoms with Crippen LogP contribution >= 0.6 is 0 Å². The monoisotopic (exact) mass is 238 g/mol. The minimum atomic E-state index is 0.253. The molecule has 94 valence electrons. The summed E-state index contributed by atoms with van der Waals surface area (Å²) in [5.41, 5.74) is 2.39. The number of ether oxygens (including phenoxy) is 1. The first-order valence-corrected chi connectivity index (χ1v) is 5.80. The van der Waals surface area contributed by atoms with Gasteiger partial charge in [0.25, 0.3) is 0 Å². The first-order chi connectivity index (χ1) is 8.26. The van der Waals surface area contributed by atoms with E-state index in [-0.39, 0.29) is 6.01 Å². The zero-order valence-electron chi connectivity index (χ0n) is 10.1. The Bertz CT molecular complexity index is 363. The fourth-order valence-electron chi connectivity index (χ4n) is 1.86. The maximum Gasteiger partial charge on any atom is 0.322 e. The minimum Gasteiger partial charge on any atom is -0.467 e. The summed E-state index contributed by atoms with van der Waals surface area (Å²) in [6.45, 7) is 2.19. The summed E-state index contributed by atoms with van der Waals surface area (Å²) in [7, 11) is 1.51. The lowest BCUT2D eigenvalue weighted by molar-refractivity contribution is 0.379. The van der Waals surface area contributed by atoms with Gasteiger partial charge in [0, 0.05) is 6.04 Å². The number of aromatic nitrogens is 3. The summed E-state index contributed by atoms with van der Waals surface area (Å²) >= 11 is 0. The second kappa shape index (κ2) is 5.13. The fraction of sp³-hybridized carbons (Fsp3) is 0.700. The van der Waals surface area contributed by atoms with Crippen LogP contribution in [-0.2, 0) is 0 Å². The number of nitrogens with zero attached hydrogens (tertiary/aromatic N) is 3. The van der Waals surface area contributed by atoms with Gasteiger partial charge in [-0.3, -0.25) is 5.43 Å². The molecule has 0 spiro atoms. The Morgan fingerprint density at radius 1 is 1.35 bits per heavy atom. The van der Waals surface area contributed by atoms with Gasteiger partial charge in [-0.1, -0.05) is 13.3 Å². The van der Waals surface area contributed by atoms with Crippen LogP contribution in [0.5, 0.6) is 6.01 Å². The molecule has 2 rings (SSSR count). The smallest absolute Gasteiger partial charge is 0.322 e. The summed E-state index contributed by atoms with van der Waals surface area (Å²) in [5.74, 6) is 6.82. The molecule has 0 amide bonds. The highest BCUT2D eigenvalue weighted by atomic mass is 16.5. The predicted molar refractivity (Wildman–Crippen MR) is 64.6 cm³/mol. The largest absolute Gasteiger partial charge is 0.467 e. The average Bonchev–Trinajstić information content (AvgIpc) is 3.07. The van der Waals surface area contributed by atoms with Gasteiger partial charge in [0.05, 0.1) is 7.11 Å². The van der Waals surface area contributed by atoms with E-state index in [1.54, 1.807) is 0 Å². The van der Waals surface area contributed by atoms with Gasteiger partial charge < -0.3 is 10.1 Å². The van der Waals surface area contributed by atoms with Gasteiger partial charge in [-0.25, -0.2) is 5.84 Å². The van der Waals surface area contributed by atoms with Crippen LogP contribution < -0.4 is 21.3 Å². The molecule has 1 aliphatic rings. The molecule has 0 bridgehead atoms. The lowest BCUT2D eigenvalue weighted by atomic mass is 10.2. The molecule has 1 aromatic rings. The molecule has 7 heteroatoms. The van der Waals surface area contributed by atoms with Crippen molar-refractivity contribution in [3.05, 3.63) is 0 Å². The first-order valence-electron chi connectivity index (χ1n) is 5.80. The Hall–Kier alpha value is -1.63. The van der Waals surface area contributed by atoms with Crippen molar-refractivity contribution >= 4 is 11.9 Å². The third kappa shape index (κ3) is 2.94. The molecule has 2 unspecified atom stereocenters. The number of hydrogen-bond donors (Lipinski definition) is 3. The van der Waals surface area contributed by atoms with Gasteiger partial charge in [0.1, 0.15) is 0 Å². The van der Waals surface area contributed by atoms with Crippen molar-refractivity contribution in [2.75, 3.05) is 17.9 Å². The van der Waals surface area contributed by atoms with E-state index < -0.39 is 0 Å². The fourth-order valence-corrected chi connectivity index (χ4v) is 1.86. The zero-order valence-corrected chi connectivity index (χ0v) is 10.1. The highest BCUT2D eigenvalue weighted by Crippen LogP contribution is 2.36. The zero-order chi connectivity index (χ0) is 12.3. The minimum absolute atomic E-state index is 0.253. The van der Waals surface area contributed by atoms with Gasteiger partial charge in [-0.15, -0.1) is 0 Å². The quantitative estimate of drug-likeness (QED) is 0.497. The molecule has 0 aliphatic heterocycles. The number of hydrogen-bond acceptors (Lipinski definition) is 7. The molecule has 0 saturated heterocycles. The molecule has 2 atom stereocenters. The predicted octanol–water partition coefficient (Wildman–Crippen LogP) is 0.766. The van der Waals surface area contributed by atoms with Gasteiger partial charge in [-0.2, -0.15) is 15.0 Å². The molecular formula is C10H18N6O. The lowest BCUT2D eigenvalue weighted by Gasteiger charge is -2.07. The summed E-state index contributed by atoms with van der Waals surface area (Å²) < 4.78 is 4.98. The van der Waals surface area contributed by atoms with Crippen LogP contribution in [0.4, 0.5) is 11.9 Å². The average molecular weight is 238 g/mol. The third-order valence-corrected chi connectivity index (χ3v) is 2.82. The van der Waals surface area contributed by atoms with E-state index in [0.717, 1.165) is 5.92 Å². The molecule has 1 fully saturated rings. The van der Waals surface area contributed by atoms with Crippen LogP contribution in [0.1, 0.15) is 26.2 Å². The molecule has 1 heterocycles. The SMILES string of the molecule is CCCC1CC1Nc1nc(NN)nc(OC)n1. The summed E-state index contributed by atoms with van der Waals surface area (Å²) in [6, 6.07) is 0.718. The van der Waals surface area contributed by atoms with E-state index >= 15 is 0 Å². The number of hydrazine groups is 1. The molecule has 0 radical (unpaired) electrons. The van der Waals surface area contributed by atoms with Gasteiger partial charge in [0.2, 0.25) is 11.9 Å². The number of nitrogen functional groups attached to an aromatic ring is 1. The highest BCUT2D eigenvalue weighted by molar-refractivity contribution is 5.37. The van der Waals surface area contributed by atoms with Crippen molar-refractivity contribution in [1.82, 2.24) is 15.0 Å². The Labute approximate surface area is 100 Å². The second-order valence-corrected chi connectivity index (χ2v) is 4.15. The third-order valence-electron chi connectivity index (χ3n) is 2.82. The second-order valence-electron chi connectivity index (χ2n) is 4.15. The van der Waals surface area contributed by atoms with E-state index in [1.165, 1.54) is 26.4 Å². The summed E-state index contributed by atoms with van der Waals surface area (Å²) in [6.07, 6.45) is 3.62. The van der Waals surface area contributed by atoms with E-state index in [1.807, 2.05) is 0 Å². The van der Waals surface area contributed by atoms with E-state index in [4.69, 9.17) is 10.6 Å². The van der Waals surface area contributed by atoms with Crippen molar-refractivity contribution in [2.45, 2.75) is 32.2 Å². The van der Waals surface area contributed by atoms with Gasteiger partial charge >= 0.3 is 6.01 Å². The van der Waals surface area contributed by atoms with Crippen LogP contribution in [0.25, 0.3) is 0 Å². The molecule has 1 aromatic heterocycles. The molecule has 7 nitrogen and oxygen atoms in total. The van der Waals surface area contributed by atoms with E-state index in [0.29, 0.717) is 17.9 Å². The van der Waals surface area contributed by atoms with Crippen molar-refractivity contribution in [3.8, 4) is 6.01 Å². The summed E-state index contributed by atoms with van der Waals surface area (Å²) in [5, 5.41) is 3.26. The van der Waals surface area contributed by atoms with Crippen molar-refractivity contribution < 1.29 is 4.74 Å². The molecule has 1 aliphatic carbocycles. The lowest BCUT2D eigenvalue weighted by Crippen LogP contribution is -2.15. The molecule has 4 N–H and O–H groups in total. The van der Waals surface area contributed by atoms with Crippen LogP contribution in [0, 0.1) is 5.92 Å². The highest BCUT2D eigenvalue weighted by Gasteiger charge is 2.36. The van der Waals surface area contributed by atoms with E-state index in [9.17, 15) is 0 Å². The van der Waals surface area contributed by atoms with Gasteiger partial charge in [-0.05, 0) is 18.8 Å². The normalized spacial score (nSPS) is 22.1. The Balaban J connectivity index is 2.00. The topological polar surface area (TPSA) is 98.0 Å².